The van der Waals surface area contributed by atoms with Gasteiger partial charge < -0.3 is 4.74 Å². The van der Waals surface area contributed by atoms with Crippen molar-refractivity contribution in [3.8, 4) is 0 Å². The summed E-state index contributed by atoms with van der Waals surface area (Å²) in [6, 6.07) is 0. The summed E-state index contributed by atoms with van der Waals surface area (Å²) in [5.41, 5.74) is 0.00613. The summed E-state index contributed by atoms with van der Waals surface area (Å²) in [6.45, 7) is 9.67. The third-order valence-corrected chi connectivity index (χ3v) is 4.59. The molecule has 0 aromatic rings. The van der Waals surface area contributed by atoms with Gasteiger partial charge in [-0.1, -0.05) is 84.5 Å². The largest absolute Gasteiger partial charge is 0.478 e. The van der Waals surface area contributed by atoms with Crippen LogP contribution in [-0.4, -0.2) is 18.0 Å². The molecule has 0 amide bonds. The molecule has 22 heavy (non-hydrogen) atoms. The van der Waals surface area contributed by atoms with Crippen LogP contribution in [0, 0.1) is 5.92 Å². The molecule has 0 aliphatic carbocycles. The Hall–Kier alpha value is -0.530. The number of unbranched alkanes of at least 4 members (excludes halogenated alkanes) is 9. The van der Waals surface area contributed by atoms with Gasteiger partial charge in [0, 0.05) is 6.42 Å². The molecule has 130 valence electrons. The Morgan fingerprint density at radius 1 is 0.955 bits per heavy atom. The molecule has 1 aliphatic rings. The van der Waals surface area contributed by atoms with Crippen LogP contribution < -0.4 is 0 Å². The van der Waals surface area contributed by atoms with E-state index in [1.165, 1.54) is 70.6 Å². The summed E-state index contributed by atoms with van der Waals surface area (Å²) in [7, 11) is 0. The van der Waals surface area contributed by atoms with Gasteiger partial charge in [-0.05, 0) is 19.8 Å². The van der Waals surface area contributed by atoms with Crippen molar-refractivity contribution in [3.63, 3.8) is 0 Å². The zero-order chi connectivity index (χ0) is 16.3. The molecule has 0 aromatic carbocycles. The van der Waals surface area contributed by atoms with Crippen LogP contribution in [0.3, 0.4) is 0 Å². The molecule has 0 saturated heterocycles. The minimum Gasteiger partial charge on any atom is -0.478 e. The van der Waals surface area contributed by atoms with Crippen molar-refractivity contribution in [3.05, 3.63) is 0 Å². The van der Waals surface area contributed by atoms with Crippen molar-refractivity contribution >= 4 is 5.90 Å². The van der Waals surface area contributed by atoms with Crippen LogP contribution in [0.15, 0.2) is 4.99 Å². The summed E-state index contributed by atoms with van der Waals surface area (Å²) in [5.74, 6) is 1.70. The predicted molar refractivity (Wildman–Crippen MR) is 97.7 cm³/mol. The highest BCUT2D eigenvalue weighted by Gasteiger charge is 2.26. The van der Waals surface area contributed by atoms with Crippen LogP contribution >= 0.6 is 0 Å². The molecular weight excluding hydrogens is 270 g/mol. The molecule has 1 heterocycles. The van der Waals surface area contributed by atoms with Gasteiger partial charge in [0.05, 0.1) is 5.54 Å². The van der Waals surface area contributed by atoms with Crippen LogP contribution in [0.25, 0.3) is 0 Å². The van der Waals surface area contributed by atoms with Crippen LogP contribution in [0.1, 0.15) is 105 Å². The molecular formula is C20H39NO. The molecule has 1 unspecified atom stereocenters. The Bertz CT molecular complexity index is 309. The third-order valence-electron chi connectivity index (χ3n) is 4.59. The molecule has 0 aromatic heterocycles. The average Bonchev–Trinajstić information content (AvgIpc) is 2.80. The number of aliphatic imine (C=N–C) groups is 1. The van der Waals surface area contributed by atoms with Crippen molar-refractivity contribution in [2.75, 3.05) is 6.61 Å². The van der Waals surface area contributed by atoms with E-state index < -0.39 is 0 Å². The lowest BCUT2D eigenvalue weighted by Gasteiger charge is -2.10. The van der Waals surface area contributed by atoms with Gasteiger partial charge in [-0.3, -0.25) is 0 Å². The van der Waals surface area contributed by atoms with E-state index in [1.54, 1.807) is 0 Å². The molecule has 0 bridgehead atoms. The number of nitrogens with zero attached hydrogens (tertiary/aromatic N) is 1. The SMILES string of the molecule is CCCCCCCCCCCCC(C)CC1=NC(C)(C)CO1. The minimum absolute atomic E-state index is 0.00613. The highest BCUT2D eigenvalue weighted by atomic mass is 16.5. The first-order chi connectivity index (χ1) is 10.5. The zero-order valence-electron chi connectivity index (χ0n) is 15.6. The van der Waals surface area contributed by atoms with Gasteiger partial charge in [0.15, 0.2) is 5.90 Å². The highest BCUT2D eigenvalue weighted by molar-refractivity contribution is 5.78. The lowest BCUT2D eigenvalue weighted by Crippen LogP contribution is -2.17. The van der Waals surface area contributed by atoms with Gasteiger partial charge in [-0.25, -0.2) is 4.99 Å². The maximum Gasteiger partial charge on any atom is 0.184 e. The fraction of sp³-hybridized carbons (Fsp3) is 0.950. The topological polar surface area (TPSA) is 21.6 Å². The molecule has 2 nitrogen and oxygen atoms in total. The van der Waals surface area contributed by atoms with E-state index in [-0.39, 0.29) is 5.54 Å². The standard InChI is InChI=1S/C20H39NO/c1-5-6-7-8-9-10-11-12-13-14-15-18(2)16-19-21-20(3,4)17-22-19/h18H,5-17H2,1-4H3. The smallest absolute Gasteiger partial charge is 0.184 e. The van der Waals surface area contributed by atoms with Gasteiger partial charge in [-0.2, -0.15) is 0 Å². The van der Waals surface area contributed by atoms with Gasteiger partial charge in [-0.15, -0.1) is 0 Å². The van der Waals surface area contributed by atoms with Gasteiger partial charge in [0.2, 0.25) is 0 Å². The number of ether oxygens (including phenoxy) is 1. The number of rotatable bonds is 13. The second-order valence-electron chi connectivity index (χ2n) is 7.89. The second kappa shape index (κ2) is 11.1. The van der Waals surface area contributed by atoms with E-state index in [0.29, 0.717) is 5.92 Å². The first kappa shape index (κ1) is 19.5. The summed E-state index contributed by atoms with van der Waals surface area (Å²) in [6.07, 6.45) is 16.5. The van der Waals surface area contributed by atoms with Crippen molar-refractivity contribution in [1.82, 2.24) is 0 Å². The lowest BCUT2D eigenvalue weighted by atomic mass is 9.98. The predicted octanol–water partition coefficient (Wildman–Crippen LogP) is 6.53. The van der Waals surface area contributed by atoms with E-state index in [1.807, 2.05) is 0 Å². The monoisotopic (exact) mass is 309 g/mol. The van der Waals surface area contributed by atoms with Crippen molar-refractivity contribution < 1.29 is 4.74 Å². The van der Waals surface area contributed by atoms with Gasteiger partial charge in [0.1, 0.15) is 6.61 Å². The molecule has 0 spiro atoms. The average molecular weight is 310 g/mol. The third kappa shape index (κ3) is 9.48. The number of hydrogen-bond donors (Lipinski definition) is 0. The van der Waals surface area contributed by atoms with Gasteiger partial charge >= 0.3 is 0 Å². The normalized spacial score (nSPS) is 18.1. The summed E-state index contributed by atoms with van der Waals surface area (Å²) in [4.78, 5) is 4.65. The highest BCUT2D eigenvalue weighted by Crippen LogP contribution is 2.22. The fourth-order valence-corrected chi connectivity index (χ4v) is 3.15. The van der Waals surface area contributed by atoms with Crippen LogP contribution in [0.5, 0.6) is 0 Å². The van der Waals surface area contributed by atoms with Crippen molar-refractivity contribution in [1.29, 1.82) is 0 Å². The van der Waals surface area contributed by atoms with E-state index in [2.05, 4.69) is 32.7 Å². The number of hydrogen-bond acceptors (Lipinski definition) is 2. The Balaban J connectivity index is 1.90. The van der Waals surface area contributed by atoms with E-state index in [0.717, 1.165) is 18.9 Å². The molecule has 1 aliphatic heterocycles. The Kier molecular flexibility index (Phi) is 9.82. The fourth-order valence-electron chi connectivity index (χ4n) is 3.15. The van der Waals surface area contributed by atoms with E-state index in [4.69, 9.17) is 4.74 Å². The first-order valence-electron chi connectivity index (χ1n) is 9.75. The molecule has 0 fully saturated rings. The van der Waals surface area contributed by atoms with Crippen molar-refractivity contribution in [2.24, 2.45) is 10.9 Å². The lowest BCUT2D eigenvalue weighted by molar-refractivity contribution is 0.269. The Labute approximate surface area is 139 Å². The Morgan fingerprint density at radius 2 is 1.50 bits per heavy atom. The molecule has 1 rings (SSSR count). The van der Waals surface area contributed by atoms with E-state index >= 15 is 0 Å². The minimum atomic E-state index is 0.00613. The van der Waals surface area contributed by atoms with Crippen LogP contribution in [0.2, 0.25) is 0 Å². The van der Waals surface area contributed by atoms with Crippen LogP contribution in [0.4, 0.5) is 0 Å². The molecule has 0 N–H and O–H groups in total. The quantitative estimate of drug-likeness (QED) is 0.354. The van der Waals surface area contributed by atoms with Crippen LogP contribution in [-0.2, 0) is 4.74 Å². The Morgan fingerprint density at radius 3 is 2.00 bits per heavy atom. The molecule has 0 saturated carbocycles. The van der Waals surface area contributed by atoms with Crippen molar-refractivity contribution in [2.45, 2.75) is 110 Å². The first-order valence-corrected chi connectivity index (χ1v) is 9.75. The molecule has 0 radical (unpaired) electrons. The maximum absolute atomic E-state index is 5.69. The summed E-state index contributed by atoms with van der Waals surface area (Å²) < 4.78 is 5.69. The summed E-state index contributed by atoms with van der Waals surface area (Å²) >= 11 is 0. The maximum atomic E-state index is 5.69. The summed E-state index contributed by atoms with van der Waals surface area (Å²) in [5, 5.41) is 0. The second-order valence-corrected chi connectivity index (χ2v) is 7.89. The molecule has 1 atom stereocenters. The zero-order valence-corrected chi connectivity index (χ0v) is 15.6. The molecule has 2 heteroatoms. The van der Waals surface area contributed by atoms with E-state index in [9.17, 15) is 0 Å². The van der Waals surface area contributed by atoms with Gasteiger partial charge in [0.25, 0.3) is 0 Å².